The zero-order chi connectivity index (χ0) is 21.8. The number of rotatable bonds is 7. The summed E-state index contributed by atoms with van der Waals surface area (Å²) >= 11 is 0. The van der Waals surface area contributed by atoms with Gasteiger partial charge in [0, 0.05) is 5.69 Å². The van der Waals surface area contributed by atoms with E-state index in [2.05, 4.69) is 26.2 Å². The van der Waals surface area contributed by atoms with E-state index < -0.39 is 23.4 Å². The third kappa shape index (κ3) is 4.42. The Morgan fingerprint density at radius 3 is 2.52 bits per heavy atom. The Morgan fingerprint density at radius 1 is 1.10 bits per heavy atom. The highest BCUT2D eigenvalue weighted by Crippen LogP contribution is 2.23. The average Bonchev–Trinajstić information content (AvgIpc) is 3.38. The topological polar surface area (TPSA) is 122 Å². The van der Waals surface area contributed by atoms with E-state index in [0.29, 0.717) is 18.5 Å². The summed E-state index contributed by atoms with van der Waals surface area (Å²) in [5.41, 5.74) is 1.29. The lowest BCUT2D eigenvalue weighted by Gasteiger charge is -2.21. The maximum atomic E-state index is 12.9. The first kappa shape index (κ1) is 20.2. The zero-order valence-electron chi connectivity index (χ0n) is 16.9. The predicted molar refractivity (Wildman–Crippen MR) is 111 cm³/mol. The van der Waals surface area contributed by atoms with Crippen molar-refractivity contribution in [3.63, 3.8) is 0 Å². The van der Waals surface area contributed by atoms with Crippen molar-refractivity contribution in [3.8, 4) is 5.69 Å². The summed E-state index contributed by atoms with van der Waals surface area (Å²) < 4.78 is 1.48. The van der Waals surface area contributed by atoms with Gasteiger partial charge in [-0.3, -0.25) is 14.5 Å². The van der Waals surface area contributed by atoms with Crippen molar-refractivity contribution in [2.45, 2.75) is 25.3 Å². The number of hydrogen-bond acceptors (Lipinski definition) is 6. The molecule has 1 saturated heterocycles. The van der Waals surface area contributed by atoms with Gasteiger partial charge in [-0.15, -0.1) is 5.10 Å². The lowest BCUT2D eigenvalue weighted by molar-refractivity contribution is -0.133. The van der Waals surface area contributed by atoms with E-state index in [1.54, 1.807) is 31.2 Å². The lowest BCUT2D eigenvalue weighted by atomic mass is 9.93. The number of aromatic nitrogens is 4. The smallest absolute Gasteiger partial charge is 0.325 e. The molecular weight excluding hydrogens is 398 g/mol. The third-order valence-corrected chi connectivity index (χ3v) is 5.17. The van der Waals surface area contributed by atoms with Gasteiger partial charge in [0.05, 0.1) is 5.69 Å². The second kappa shape index (κ2) is 8.34. The molecule has 2 aromatic carbocycles. The van der Waals surface area contributed by atoms with Crippen LogP contribution in [0.4, 0.5) is 10.5 Å². The van der Waals surface area contributed by atoms with Crippen LogP contribution in [0.2, 0.25) is 0 Å². The third-order valence-electron chi connectivity index (χ3n) is 5.17. The maximum absolute atomic E-state index is 12.9. The molecule has 1 fully saturated rings. The van der Waals surface area contributed by atoms with Crippen LogP contribution in [0.25, 0.3) is 5.69 Å². The van der Waals surface area contributed by atoms with Crippen LogP contribution >= 0.6 is 0 Å². The molecule has 1 aromatic heterocycles. The molecule has 0 aliphatic carbocycles. The van der Waals surface area contributed by atoms with E-state index in [1.807, 2.05) is 30.3 Å². The number of imide groups is 1. The monoisotopic (exact) mass is 419 g/mol. The number of aryl methyl sites for hydroxylation is 1. The van der Waals surface area contributed by atoms with Crippen LogP contribution < -0.4 is 10.6 Å². The van der Waals surface area contributed by atoms with E-state index >= 15 is 0 Å². The number of carbonyl (C=O) groups excluding carboxylic acids is 3. The SMILES string of the molecule is C[C@]1(CCc2ccccc2)NC(=O)N(CC(=O)Nc2ccc(-n3cnnn3)cc2)C1=O. The molecule has 31 heavy (non-hydrogen) atoms. The Bertz CT molecular complexity index is 1080. The summed E-state index contributed by atoms with van der Waals surface area (Å²) in [6.07, 6.45) is 2.54. The molecule has 10 nitrogen and oxygen atoms in total. The van der Waals surface area contributed by atoms with Crippen LogP contribution in [-0.2, 0) is 16.0 Å². The number of tetrazole rings is 1. The normalized spacial score (nSPS) is 18.2. The number of hydrogen-bond donors (Lipinski definition) is 2. The summed E-state index contributed by atoms with van der Waals surface area (Å²) in [5.74, 6) is -0.872. The fourth-order valence-electron chi connectivity index (χ4n) is 3.42. The summed E-state index contributed by atoms with van der Waals surface area (Å²) in [5, 5.41) is 16.4. The van der Waals surface area contributed by atoms with Crippen LogP contribution in [0.3, 0.4) is 0 Å². The van der Waals surface area contributed by atoms with Gasteiger partial charge in [-0.05, 0) is 60.0 Å². The van der Waals surface area contributed by atoms with Crippen LogP contribution in [-0.4, -0.2) is 55.0 Å². The molecule has 1 aliphatic heterocycles. The minimum Gasteiger partial charge on any atom is -0.325 e. The van der Waals surface area contributed by atoms with Crippen molar-refractivity contribution in [1.29, 1.82) is 0 Å². The van der Waals surface area contributed by atoms with Crippen molar-refractivity contribution >= 4 is 23.5 Å². The van der Waals surface area contributed by atoms with Crippen molar-refractivity contribution in [1.82, 2.24) is 30.4 Å². The molecule has 3 aromatic rings. The number of benzene rings is 2. The molecule has 1 atom stereocenters. The fourth-order valence-corrected chi connectivity index (χ4v) is 3.42. The highest BCUT2D eigenvalue weighted by Gasteiger charge is 2.47. The molecule has 10 heteroatoms. The Balaban J connectivity index is 1.35. The zero-order valence-corrected chi connectivity index (χ0v) is 16.9. The summed E-state index contributed by atoms with van der Waals surface area (Å²) in [4.78, 5) is 38.6. The van der Waals surface area contributed by atoms with Gasteiger partial charge in [-0.2, -0.15) is 0 Å². The molecule has 0 saturated carbocycles. The number of nitrogens with one attached hydrogen (secondary N) is 2. The first-order valence-electron chi connectivity index (χ1n) is 9.76. The second-order valence-corrected chi connectivity index (χ2v) is 7.49. The van der Waals surface area contributed by atoms with E-state index in [-0.39, 0.29) is 6.54 Å². The maximum Gasteiger partial charge on any atom is 0.325 e. The highest BCUT2D eigenvalue weighted by molar-refractivity contribution is 6.09. The number of anilines is 1. The average molecular weight is 419 g/mol. The van der Waals surface area contributed by atoms with E-state index in [1.165, 1.54) is 11.0 Å². The molecule has 4 amide bonds. The van der Waals surface area contributed by atoms with Gasteiger partial charge in [-0.25, -0.2) is 9.48 Å². The molecule has 4 rings (SSSR count). The van der Waals surface area contributed by atoms with Crippen molar-refractivity contribution in [3.05, 3.63) is 66.5 Å². The molecular formula is C21H21N7O3. The van der Waals surface area contributed by atoms with Gasteiger partial charge in [0.25, 0.3) is 5.91 Å². The van der Waals surface area contributed by atoms with Crippen molar-refractivity contribution in [2.75, 3.05) is 11.9 Å². The van der Waals surface area contributed by atoms with Crippen molar-refractivity contribution in [2.24, 2.45) is 0 Å². The van der Waals surface area contributed by atoms with Gasteiger partial charge in [-0.1, -0.05) is 30.3 Å². The summed E-state index contributed by atoms with van der Waals surface area (Å²) in [6, 6.07) is 16.0. The van der Waals surface area contributed by atoms with Crippen LogP contribution in [0.15, 0.2) is 60.9 Å². The van der Waals surface area contributed by atoms with E-state index in [9.17, 15) is 14.4 Å². The Morgan fingerprint density at radius 2 is 1.84 bits per heavy atom. The predicted octanol–water partition coefficient (Wildman–Crippen LogP) is 1.54. The molecule has 0 radical (unpaired) electrons. The van der Waals surface area contributed by atoms with Crippen molar-refractivity contribution < 1.29 is 14.4 Å². The molecule has 158 valence electrons. The molecule has 0 unspecified atom stereocenters. The minimum absolute atomic E-state index is 0.361. The minimum atomic E-state index is -1.04. The second-order valence-electron chi connectivity index (χ2n) is 7.49. The molecule has 0 spiro atoms. The summed E-state index contributed by atoms with van der Waals surface area (Å²) in [6.45, 7) is 1.33. The number of amides is 4. The van der Waals surface area contributed by atoms with Gasteiger partial charge in [0.1, 0.15) is 18.4 Å². The van der Waals surface area contributed by atoms with Crippen LogP contribution in [0.1, 0.15) is 18.9 Å². The Labute approximate surface area is 178 Å². The number of urea groups is 1. The highest BCUT2D eigenvalue weighted by atomic mass is 16.2. The van der Waals surface area contributed by atoms with Gasteiger partial charge >= 0.3 is 6.03 Å². The van der Waals surface area contributed by atoms with Crippen LogP contribution in [0.5, 0.6) is 0 Å². The van der Waals surface area contributed by atoms with Gasteiger partial charge in [0.2, 0.25) is 5.91 Å². The number of carbonyl (C=O) groups is 3. The first-order valence-corrected chi connectivity index (χ1v) is 9.76. The quantitative estimate of drug-likeness (QED) is 0.560. The standard InChI is InChI=1S/C21H21N7O3/c1-21(12-11-15-5-3-2-4-6-15)19(30)27(20(31)24-21)13-18(29)23-16-7-9-17(10-8-16)28-14-22-25-26-28/h2-10,14H,11-13H2,1H3,(H,23,29)(H,24,31)/t21-/m1/s1. The molecule has 2 N–H and O–H groups in total. The molecule has 1 aliphatic rings. The first-order chi connectivity index (χ1) is 14.9. The fraction of sp³-hybridized carbons (Fsp3) is 0.238. The van der Waals surface area contributed by atoms with Gasteiger partial charge in [0.15, 0.2) is 0 Å². The number of nitrogens with zero attached hydrogens (tertiary/aromatic N) is 5. The Kier molecular flexibility index (Phi) is 5.44. The van der Waals surface area contributed by atoms with E-state index in [4.69, 9.17) is 0 Å². The Hall–Kier alpha value is -4.08. The molecule has 2 heterocycles. The lowest BCUT2D eigenvalue weighted by Crippen LogP contribution is -2.45. The van der Waals surface area contributed by atoms with Crippen LogP contribution in [0, 0.1) is 0 Å². The van der Waals surface area contributed by atoms with Gasteiger partial charge < -0.3 is 10.6 Å². The molecule has 0 bridgehead atoms. The summed E-state index contributed by atoms with van der Waals surface area (Å²) in [7, 11) is 0. The largest absolute Gasteiger partial charge is 0.325 e. The van der Waals surface area contributed by atoms with E-state index in [0.717, 1.165) is 16.2 Å².